The lowest BCUT2D eigenvalue weighted by atomic mass is 10.0. The van der Waals surface area contributed by atoms with Crippen LogP contribution in [0.15, 0.2) is 31.0 Å². The van der Waals surface area contributed by atoms with Crippen molar-refractivity contribution in [2.24, 2.45) is 0 Å². The molecule has 4 atom stereocenters. The minimum atomic E-state index is -0.976. The summed E-state index contributed by atoms with van der Waals surface area (Å²) in [6, 6.07) is 3.83. The van der Waals surface area contributed by atoms with Gasteiger partial charge in [-0.15, -0.1) is 11.3 Å². The number of hydrogen-bond acceptors (Lipinski definition) is 10. The number of anilines is 2. The number of rotatable bonds is 7. The minimum absolute atomic E-state index is 0.0404. The van der Waals surface area contributed by atoms with Gasteiger partial charge in [-0.05, 0) is 45.0 Å². The van der Waals surface area contributed by atoms with Gasteiger partial charge in [-0.25, -0.2) is 13.2 Å². The van der Waals surface area contributed by atoms with Gasteiger partial charge in [0.15, 0.2) is 5.82 Å². The molecule has 5 heterocycles. The summed E-state index contributed by atoms with van der Waals surface area (Å²) in [6.45, 7) is 6.41. The Bertz CT molecular complexity index is 1880. The van der Waals surface area contributed by atoms with E-state index in [-0.39, 0.29) is 92.4 Å². The number of hydrogen-bond donors (Lipinski definition) is 1. The predicted molar refractivity (Wildman–Crippen MR) is 167 cm³/mol. The Balaban J connectivity index is 1.48. The van der Waals surface area contributed by atoms with Gasteiger partial charge >= 0.3 is 6.01 Å². The van der Waals surface area contributed by atoms with Gasteiger partial charge in [0.1, 0.15) is 46.7 Å². The number of nitrogens with two attached hydrogens (primary N) is 1. The molecular formula is C31H31F3N8O2S. The van der Waals surface area contributed by atoms with Crippen LogP contribution in [0.25, 0.3) is 32.2 Å². The zero-order valence-corrected chi connectivity index (χ0v) is 25.7. The number of amides is 1. The third-order valence-electron chi connectivity index (χ3n) is 8.87. The number of likely N-dealkylation sites (N-methyl/N-ethyl adjacent to an activating group) is 2. The maximum Gasteiger partial charge on any atom is 0.319 e. The summed E-state index contributed by atoms with van der Waals surface area (Å²) in [4.78, 5) is 31.4. The van der Waals surface area contributed by atoms with E-state index in [4.69, 9.17) is 10.5 Å². The number of fused-ring (bicyclic) bond motifs is 2. The fourth-order valence-electron chi connectivity index (χ4n) is 6.44. The molecule has 0 aliphatic carbocycles. The number of carbonyl (C=O) groups excluding carboxylic acids is 1. The molecule has 10 nitrogen and oxygen atoms in total. The molecule has 234 valence electrons. The van der Waals surface area contributed by atoms with Gasteiger partial charge in [0.05, 0.1) is 21.7 Å². The molecule has 0 bridgehead atoms. The van der Waals surface area contributed by atoms with Gasteiger partial charge in [-0.1, -0.05) is 6.58 Å². The lowest BCUT2D eigenvalue weighted by molar-refractivity contribution is -0.126. The molecule has 2 saturated heterocycles. The average molecular weight is 637 g/mol. The molecule has 1 aromatic carbocycles. The first-order chi connectivity index (χ1) is 21.5. The van der Waals surface area contributed by atoms with Gasteiger partial charge < -0.3 is 20.3 Å². The topological polar surface area (TPSA) is 125 Å². The smallest absolute Gasteiger partial charge is 0.319 e. The van der Waals surface area contributed by atoms with Crippen LogP contribution in [-0.2, 0) is 4.79 Å². The van der Waals surface area contributed by atoms with E-state index in [0.29, 0.717) is 18.8 Å². The van der Waals surface area contributed by atoms with Crippen molar-refractivity contribution in [1.29, 1.82) is 5.26 Å². The number of benzene rings is 1. The molecule has 4 aromatic rings. The number of nitrogens with zero attached hydrogens (tertiary/aromatic N) is 7. The second kappa shape index (κ2) is 11.8. The second-order valence-corrected chi connectivity index (χ2v) is 12.5. The summed E-state index contributed by atoms with van der Waals surface area (Å²) in [5.41, 5.74) is 6.00. The molecule has 6 rings (SSSR count). The number of nitrogen functional groups attached to an aromatic ring is 1. The summed E-state index contributed by atoms with van der Waals surface area (Å²) >= 11 is 0.907. The van der Waals surface area contributed by atoms with Crippen LogP contribution in [-0.4, -0.2) is 88.7 Å². The number of ether oxygens (including phenoxy) is 1. The number of thiophene rings is 1. The zero-order chi connectivity index (χ0) is 32.2. The Labute approximate surface area is 261 Å². The van der Waals surface area contributed by atoms with Crippen molar-refractivity contribution in [3.05, 3.63) is 48.2 Å². The highest BCUT2D eigenvalue weighted by molar-refractivity contribution is 7.23. The normalized spacial score (nSPS) is 21.8. The summed E-state index contributed by atoms with van der Waals surface area (Å²) in [6.07, 6.45) is 2.65. The third-order valence-corrected chi connectivity index (χ3v) is 9.90. The highest BCUT2D eigenvalue weighted by Crippen LogP contribution is 2.42. The van der Waals surface area contributed by atoms with Gasteiger partial charge in [0.2, 0.25) is 5.91 Å². The Morgan fingerprint density at radius 3 is 2.82 bits per heavy atom. The number of halogens is 3. The first-order valence-corrected chi connectivity index (χ1v) is 15.3. The number of aromatic nitrogens is 3. The van der Waals surface area contributed by atoms with E-state index < -0.39 is 17.8 Å². The first-order valence-electron chi connectivity index (χ1n) is 14.4. The lowest BCUT2D eigenvalue weighted by Crippen LogP contribution is -2.43. The van der Waals surface area contributed by atoms with E-state index in [0.717, 1.165) is 11.3 Å². The van der Waals surface area contributed by atoms with E-state index in [1.165, 1.54) is 24.4 Å². The molecule has 2 N–H and O–H groups in total. The summed E-state index contributed by atoms with van der Waals surface area (Å²) in [5, 5.41) is 10.3. The SMILES string of the molecule is C=CC(=O)N1CCC(N(C)c2nc(OC[C@@H]3C[C@@H](F)CN3C)nc3c(F)c(-c4ccc(F)c5sc(N)c(C#N)c45)ncc23)[C@H]1C. The van der Waals surface area contributed by atoms with Crippen molar-refractivity contribution in [1.82, 2.24) is 24.8 Å². The van der Waals surface area contributed by atoms with E-state index in [9.17, 15) is 18.8 Å². The van der Waals surface area contributed by atoms with E-state index >= 15 is 4.39 Å². The Kier molecular flexibility index (Phi) is 8.00. The predicted octanol–water partition coefficient (Wildman–Crippen LogP) is 4.67. The molecule has 0 spiro atoms. The molecule has 1 unspecified atom stereocenters. The minimum Gasteiger partial charge on any atom is -0.462 e. The van der Waals surface area contributed by atoms with Crippen LogP contribution in [0.3, 0.4) is 0 Å². The standard InChI is InChI=1S/C31H31F3N8O2S/c1-5-23(43)42-9-8-22(15(42)2)41(4)30-20-12-37-26(18-6-7-21(33)28-24(18)19(11-35)29(36)45-28)25(34)27(20)38-31(39-30)44-14-17-10-16(32)13-40(17)3/h5-7,12,15-17,22H,1,8-10,13-14,36H2,2-4H3/t15-,16-,17+,22?/m1/s1. The van der Waals surface area contributed by atoms with Crippen molar-refractivity contribution in [2.75, 3.05) is 44.4 Å². The quantitative estimate of drug-likeness (QED) is 0.288. The van der Waals surface area contributed by atoms with Crippen LogP contribution >= 0.6 is 11.3 Å². The lowest BCUT2D eigenvalue weighted by Gasteiger charge is -2.32. The molecule has 2 aliphatic heterocycles. The Morgan fingerprint density at radius 2 is 2.13 bits per heavy atom. The van der Waals surface area contributed by atoms with Crippen molar-refractivity contribution in [2.45, 2.75) is 44.1 Å². The number of alkyl halides is 1. The van der Waals surface area contributed by atoms with Crippen molar-refractivity contribution >= 4 is 49.1 Å². The maximum atomic E-state index is 16.6. The number of carbonyl (C=O) groups is 1. The zero-order valence-electron chi connectivity index (χ0n) is 24.9. The fraction of sp³-hybridized carbons (Fsp3) is 0.387. The highest BCUT2D eigenvalue weighted by atomic mass is 32.1. The van der Waals surface area contributed by atoms with Crippen LogP contribution in [0.5, 0.6) is 6.01 Å². The molecule has 0 saturated carbocycles. The summed E-state index contributed by atoms with van der Waals surface area (Å²) in [7, 11) is 3.61. The van der Waals surface area contributed by atoms with Gasteiger partial charge in [-0.3, -0.25) is 14.7 Å². The van der Waals surface area contributed by atoms with Crippen molar-refractivity contribution < 1.29 is 22.7 Å². The first kappa shape index (κ1) is 30.5. The molecule has 14 heteroatoms. The summed E-state index contributed by atoms with van der Waals surface area (Å²) in [5.74, 6) is -1.25. The van der Waals surface area contributed by atoms with E-state index in [1.54, 1.807) is 19.0 Å². The summed E-state index contributed by atoms with van der Waals surface area (Å²) < 4.78 is 51.5. The Hall–Kier alpha value is -4.48. The van der Waals surface area contributed by atoms with Crippen LogP contribution < -0.4 is 15.4 Å². The van der Waals surface area contributed by atoms with Crippen molar-refractivity contribution in [3.63, 3.8) is 0 Å². The average Bonchev–Trinajstić information content (AvgIpc) is 3.68. The molecule has 1 amide bonds. The number of likely N-dealkylation sites (tertiary alicyclic amines) is 2. The molecule has 45 heavy (non-hydrogen) atoms. The number of nitriles is 1. The van der Waals surface area contributed by atoms with Crippen LogP contribution in [0.1, 0.15) is 25.3 Å². The largest absolute Gasteiger partial charge is 0.462 e. The number of pyridine rings is 1. The van der Waals surface area contributed by atoms with Crippen molar-refractivity contribution in [3.8, 4) is 23.3 Å². The van der Waals surface area contributed by atoms with Gasteiger partial charge in [0, 0.05) is 49.4 Å². The fourth-order valence-corrected chi connectivity index (χ4v) is 7.39. The van der Waals surface area contributed by atoms with E-state index in [1.807, 2.05) is 22.8 Å². The van der Waals surface area contributed by atoms with Crippen LogP contribution in [0.2, 0.25) is 0 Å². The maximum absolute atomic E-state index is 16.6. The molecule has 2 fully saturated rings. The molecule has 0 radical (unpaired) electrons. The molecular weight excluding hydrogens is 605 g/mol. The van der Waals surface area contributed by atoms with E-state index in [2.05, 4.69) is 21.5 Å². The monoisotopic (exact) mass is 636 g/mol. The van der Waals surface area contributed by atoms with Crippen LogP contribution in [0, 0.1) is 23.0 Å². The molecule has 2 aliphatic rings. The van der Waals surface area contributed by atoms with Gasteiger partial charge in [0.25, 0.3) is 0 Å². The van der Waals surface area contributed by atoms with Crippen LogP contribution in [0.4, 0.5) is 24.0 Å². The third kappa shape index (κ3) is 5.19. The Morgan fingerprint density at radius 1 is 1.36 bits per heavy atom. The highest BCUT2D eigenvalue weighted by Gasteiger charge is 2.37. The molecule has 3 aromatic heterocycles. The van der Waals surface area contributed by atoms with Gasteiger partial charge in [-0.2, -0.15) is 15.2 Å². The second-order valence-electron chi connectivity index (χ2n) is 11.4.